The molecule has 1 fully saturated rings. The van der Waals surface area contributed by atoms with Crippen LogP contribution < -0.4 is 10.2 Å². The van der Waals surface area contributed by atoms with Gasteiger partial charge in [-0.1, -0.05) is 12.5 Å². The Bertz CT molecular complexity index is 962. The van der Waals surface area contributed by atoms with Crippen molar-refractivity contribution in [3.05, 3.63) is 72.1 Å². The number of pyridine rings is 2. The lowest BCUT2D eigenvalue weighted by atomic mass is 9.66. The van der Waals surface area contributed by atoms with Crippen LogP contribution in [0.25, 0.3) is 0 Å². The average molecular weight is 392 g/mol. The maximum absolute atomic E-state index is 14.2. The minimum absolute atomic E-state index is 0.271. The molecule has 0 spiro atoms. The van der Waals surface area contributed by atoms with Crippen LogP contribution in [0.2, 0.25) is 0 Å². The highest BCUT2D eigenvalue weighted by atomic mass is 19.1. The zero-order valence-corrected chi connectivity index (χ0v) is 15.8. The van der Waals surface area contributed by atoms with Gasteiger partial charge in [0, 0.05) is 30.6 Å². The Morgan fingerprint density at radius 1 is 1.14 bits per heavy atom. The molecule has 4 rings (SSSR count). The molecular formula is C21H21FN6O. The standard InChI is InChI=1S/C21H21FN6O/c22-17-5-2-11-24-20(17)21(8-3-9-21)14-25-18-6-7-19(27-26-18)28(15-29)13-16-4-1-10-23-12-16/h1-2,4-7,10-12,15H,3,8-9,13-14H2,(H,25,26). The highest BCUT2D eigenvalue weighted by Crippen LogP contribution is 2.43. The number of carbonyl (C=O) groups excluding carboxylic acids is 1. The number of aromatic nitrogens is 4. The fourth-order valence-corrected chi connectivity index (χ4v) is 3.57. The minimum atomic E-state index is -0.319. The number of halogens is 1. The van der Waals surface area contributed by atoms with Gasteiger partial charge in [-0.2, -0.15) is 0 Å². The molecule has 1 amide bonds. The van der Waals surface area contributed by atoms with Crippen molar-refractivity contribution in [1.82, 2.24) is 20.2 Å². The number of anilines is 2. The first-order chi connectivity index (χ1) is 14.2. The van der Waals surface area contributed by atoms with Gasteiger partial charge in [-0.3, -0.25) is 19.7 Å². The summed E-state index contributed by atoms with van der Waals surface area (Å²) in [6.45, 7) is 0.892. The predicted octanol–water partition coefficient (Wildman–Crippen LogP) is 3.10. The van der Waals surface area contributed by atoms with Crippen molar-refractivity contribution >= 4 is 18.0 Å². The van der Waals surface area contributed by atoms with Gasteiger partial charge in [0.15, 0.2) is 5.82 Å². The van der Waals surface area contributed by atoms with Crippen LogP contribution in [0.5, 0.6) is 0 Å². The summed E-state index contributed by atoms with van der Waals surface area (Å²) in [5.74, 6) is 0.750. The van der Waals surface area contributed by atoms with Crippen molar-refractivity contribution in [2.24, 2.45) is 0 Å². The summed E-state index contributed by atoms with van der Waals surface area (Å²) in [6, 6.07) is 10.3. The van der Waals surface area contributed by atoms with Crippen LogP contribution in [0.15, 0.2) is 55.0 Å². The monoisotopic (exact) mass is 392 g/mol. The van der Waals surface area contributed by atoms with Crippen LogP contribution in [0, 0.1) is 5.82 Å². The lowest BCUT2D eigenvalue weighted by molar-refractivity contribution is -0.107. The Morgan fingerprint density at radius 2 is 2.00 bits per heavy atom. The number of carbonyl (C=O) groups is 1. The van der Waals surface area contributed by atoms with Gasteiger partial charge >= 0.3 is 0 Å². The molecule has 29 heavy (non-hydrogen) atoms. The van der Waals surface area contributed by atoms with E-state index in [1.165, 1.54) is 11.0 Å². The topological polar surface area (TPSA) is 83.9 Å². The molecule has 3 aromatic heterocycles. The number of nitrogens with one attached hydrogen (secondary N) is 1. The SMILES string of the molecule is O=CN(Cc1cccnc1)c1ccc(NCC2(c3ncccc3F)CCC2)nn1. The molecule has 1 aliphatic rings. The first-order valence-corrected chi connectivity index (χ1v) is 9.50. The molecule has 7 nitrogen and oxygen atoms in total. The zero-order chi connectivity index (χ0) is 20.1. The molecular weight excluding hydrogens is 371 g/mol. The highest BCUT2D eigenvalue weighted by Gasteiger charge is 2.41. The van der Waals surface area contributed by atoms with Crippen molar-refractivity contribution < 1.29 is 9.18 Å². The summed E-state index contributed by atoms with van der Waals surface area (Å²) in [5, 5.41) is 11.6. The second-order valence-corrected chi connectivity index (χ2v) is 7.19. The predicted molar refractivity (Wildman–Crippen MR) is 107 cm³/mol. The molecule has 3 heterocycles. The minimum Gasteiger partial charge on any atom is -0.368 e. The summed E-state index contributed by atoms with van der Waals surface area (Å²) >= 11 is 0. The van der Waals surface area contributed by atoms with E-state index >= 15 is 0 Å². The fourth-order valence-electron chi connectivity index (χ4n) is 3.57. The lowest BCUT2D eigenvalue weighted by Gasteiger charge is -2.41. The van der Waals surface area contributed by atoms with Crippen LogP contribution in [-0.2, 0) is 16.8 Å². The molecule has 1 saturated carbocycles. The first kappa shape index (κ1) is 18.9. The number of nitrogens with zero attached hydrogens (tertiary/aromatic N) is 5. The Labute approximate surface area is 168 Å². The Balaban J connectivity index is 1.43. The summed E-state index contributed by atoms with van der Waals surface area (Å²) in [4.78, 5) is 21.3. The molecule has 0 unspecified atom stereocenters. The van der Waals surface area contributed by atoms with Crippen LogP contribution in [0.4, 0.5) is 16.0 Å². The number of amides is 1. The fraction of sp³-hybridized carbons (Fsp3) is 0.286. The van der Waals surface area contributed by atoms with Crippen molar-refractivity contribution in [1.29, 1.82) is 0 Å². The molecule has 0 radical (unpaired) electrons. The van der Waals surface area contributed by atoms with Crippen molar-refractivity contribution in [3.63, 3.8) is 0 Å². The van der Waals surface area contributed by atoms with Gasteiger partial charge in [-0.15, -0.1) is 10.2 Å². The van der Waals surface area contributed by atoms with E-state index in [1.54, 1.807) is 36.8 Å². The van der Waals surface area contributed by atoms with Crippen LogP contribution >= 0.6 is 0 Å². The van der Waals surface area contributed by atoms with Crippen molar-refractivity contribution in [2.45, 2.75) is 31.2 Å². The smallest absolute Gasteiger partial charge is 0.215 e. The van der Waals surface area contributed by atoms with Crippen LogP contribution in [0.3, 0.4) is 0 Å². The van der Waals surface area contributed by atoms with Gasteiger partial charge in [0.05, 0.1) is 12.2 Å². The summed E-state index contributed by atoms with van der Waals surface area (Å²) in [7, 11) is 0. The van der Waals surface area contributed by atoms with Gasteiger partial charge in [-0.05, 0) is 48.7 Å². The zero-order valence-electron chi connectivity index (χ0n) is 15.8. The van der Waals surface area contributed by atoms with E-state index in [0.29, 0.717) is 30.4 Å². The maximum Gasteiger partial charge on any atom is 0.215 e. The third-order valence-corrected chi connectivity index (χ3v) is 5.33. The van der Waals surface area contributed by atoms with E-state index in [9.17, 15) is 9.18 Å². The molecule has 0 aromatic carbocycles. The third kappa shape index (κ3) is 4.06. The van der Waals surface area contributed by atoms with E-state index in [4.69, 9.17) is 0 Å². The number of hydrogen-bond donors (Lipinski definition) is 1. The van der Waals surface area contributed by atoms with Gasteiger partial charge in [0.2, 0.25) is 6.41 Å². The molecule has 148 valence electrons. The summed E-state index contributed by atoms with van der Waals surface area (Å²) < 4.78 is 14.2. The van der Waals surface area contributed by atoms with Crippen molar-refractivity contribution in [3.8, 4) is 0 Å². The molecule has 3 aromatic rings. The van der Waals surface area contributed by atoms with Crippen LogP contribution in [-0.4, -0.2) is 33.1 Å². The first-order valence-electron chi connectivity index (χ1n) is 9.50. The quantitative estimate of drug-likeness (QED) is 0.593. The summed E-state index contributed by atoms with van der Waals surface area (Å²) in [6.07, 6.45) is 8.54. The van der Waals surface area contributed by atoms with Crippen LogP contribution in [0.1, 0.15) is 30.5 Å². The van der Waals surface area contributed by atoms with Gasteiger partial charge in [-0.25, -0.2) is 4.39 Å². The van der Waals surface area contributed by atoms with Gasteiger partial charge in [0.25, 0.3) is 0 Å². The third-order valence-electron chi connectivity index (χ3n) is 5.33. The second kappa shape index (κ2) is 8.30. The van der Waals surface area contributed by atoms with E-state index in [2.05, 4.69) is 25.5 Å². The average Bonchev–Trinajstić information content (AvgIpc) is 2.74. The largest absolute Gasteiger partial charge is 0.368 e. The van der Waals surface area contributed by atoms with E-state index in [0.717, 1.165) is 31.2 Å². The Kier molecular flexibility index (Phi) is 5.41. The molecule has 1 N–H and O–H groups in total. The summed E-state index contributed by atoms with van der Waals surface area (Å²) in [5.41, 5.74) is 1.08. The lowest BCUT2D eigenvalue weighted by Crippen LogP contribution is -2.42. The number of rotatable bonds is 8. The normalized spacial score (nSPS) is 14.7. The maximum atomic E-state index is 14.2. The van der Waals surface area contributed by atoms with E-state index in [1.807, 2.05) is 12.1 Å². The molecule has 0 atom stereocenters. The Hall–Kier alpha value is -3.42. The van der Waals surface area contributed by atoms with E-state index in [-0.39, 0.29) is 11.2 Å². The second-order valence-electron chi connectivity index (χ2n) is 7.19. The Morgan fingerprint density at radius 3 is 2.62 bits per heavy atom. The van der Waals surface area contributed by atoms with Gasteiger partial charge in [0.1, 0.15) is 11.6 Å². The van der Waals surface area contributed by atoms with E-state index < -0.39 is 0 Å². The molecule has 8 heteroatoms. The molecule has 1 aliphatic carbocycles. The van der Waals surface area contributed by atoms with Gasteiger partial charge < -0.3 is 5.32 Å². The molecule has 0 bridgehead atoms. The number of hydrogen-bond acceptors (Lipinski definition) is 6. The molecule has 0 aliphatic heterocycles. The highest BCUT2D eigenvalue weighted by molar-refractivity contribution is 5.72. The molecule has 0 saturated heterocycles. The van der Waals surface area contributed by atoms with Crippen molar-refractivity contribution in [2.75, 3.05) is 16.8 Å².